The van der Waals surface area contributed by atoms with Crippen LogP contribution in [0.2, 0.25) is 0 Å². The Kier molecular flexibility index (Phi) is 5.26. The highest BCUT2D eigenvalue weighted by Crippen LogP contribution is 2.25. The third-order valence-electron chi connectivity index (χ3n) is 3.02. The molecular weight excluding hydrogens is 292 g/mol. The van der Waals surface area contributed by atoms with Gasteiger partial charge < -0.3 is 10.1 Å². The van der Waals surface area contributed by atoms with E-state index < -0.39 is 0 Å². The summed E-state index contributed by atoms with van der Waals surface area (Å²) in [5, 5.41) is 4.48. The van der Waals surface area contributed by atoms with Gasteiger partial charge in [-0.2, -0.15) is 0 Å². The Hall–Kier alpha value is -1.26. The lowest BCUT2D eigenvalue weighted by Crippen LogP contribution is -2.01. The average molecular weight is 311 g/mol. The molecule has 0 bridgehead atoms. The number of hydrogen-bond acceptors (Lipinski definition) is 4. The quantitative estimate of drug-likeness (QED) is 0.797. The number of benzene rings is 1. The number of rotatable bonds is 6. The molecule has 1 heterocycles. The van der Waals surface area contributed by atoms with Crippen molar-refractivity contribution >= 4 is 28.6 Å². The van der Waals surface area contributed by atoms with Gasteiger partial charge in [-0.1, -0.05) is 0 Å². The van der Waals surface area contributed by atoms with Gasteiger partial charge in [0, 0.05) is 16.1 Å². The Bertz CT molecular complexity index is 564. The number of thiazole rings is 1. The molecule has 3 nitrogen and oxygen atoms in total. The van der Waals surface area contributed by atoms with E-state index >= 15 is 0 Å². The normalized spacial score (nSPS) is 10.6. The van der Waals surface area contributed by atoms with Crippen LogP contribution in [0.15, 0.2) is 18.2 Å². The van der Waals surface area contributed by atoms with Crippen molar-refractivity contribution in [1.82, 2.24) is 4.98 Å². The summed E-state index contributed by atoms with van der Waals surface area (Å²) in [4.78, 5) is 5.79. The largest absolute Gasteiger partial charge is 0.494 e. The van der Waals surface area contributed by atoms with Crippen LogP contribution in [0.4, 0.5) is 5.69 Å². The van der Waals surface area contributed by atoms with Crippen molar-refractivity contribution in [2.45, 2.75) is 33.2 Å². The van der Waals surface area contributed by atoms with Crippen LogP contribution in [0.3, 0.4) is 0 Å². The van der Waals surface area contributed by atoms with E-state index in [2.05, 4.69) is 17.2 Å². The van der Waals surface area contributed by atoms with Crippen LogP contribution in [-0.2, 0) is 12.4 Å². The van der Waals surface area contributed by atoms with Gasteiger partial charge in [0.25, 0.3) is 0 Å². The van der Waals surface area contributed by atoms with E-state index in [0.717, 1.165) is 34.2 Å². The van der Waals surface area contributed by atoms with E-state index in [0.29, 0.717) is 12.5 Å². The van der Waals surface area contributed by atoms with Crippen molar-refractivity contribution in [3.8, 4) is 5.75 Å². The number of anilines is 1. The monoisotopic (exact) mass is 310 g/mol. The van der Waals surface area contributed by atoms with Gasteiger partial charge in [0.1, 0.15) is 10.8 Å². The molecule has 0 aliphatic carbocycles. The minimum atomic E-state index is 0.445. The number of aromatic nitrogens is 1. The molecule has 0 atom stereocenters. The summed E-state index contributed by atoms with van der Waals surface area (Å²) < 4.78 is 5.54. The van der Waals surface area contributed by atoms with Crippen LogP contribution >= 0.6 is 22.9 Å². The maximum Gasteiger partial charge on any atom is 0.123 e. The molecule has 0 unspecified atom stereocenters. The Morgan fingerprint density at radius 3 is 2.75 bits per heavy atom. The number of ether oxygens (including phenoxy) is 1. The zero-order valence-electron chi connectivity index (χ0n) is 12.0. The van der Waals surface area contributed by atoms with Crippen molar-refractivity contribution in [1.29, 1.82) is 0 Å². The molecule has 0 fully saturated rings. The summed E-state index contributed by atoms with van der Waals surface area (Å²) >= 11 is 7.69. The topological polar surface area (TPSA) is 34.1 Å². The minimum absolute atomic E-state index is 0.445. The zero-order valence-corrected chi connectivity index (χ0v) is 13.6. The van der Waals surface area contributed by atoms with Crippen LogP contribution in [0.5, 0.6) is 5.75 Å². The van der Waals surface area contributed by atoms with Crippen molar-refractivity contribution < 1.29 is 4.74 Å². The standard InChI is InChI=1S/C15H19ClN2OS/c1-4-19-14-6-5-13(7-12(14)8-16)17-9-15-18-10(2)11(3)20-15/h5-7,17H,4,8-9H2,1-3H3. The van der Waals surface area contributed by atoms with Crippen molar-refractivity contribution in [3.63, 3.8) is 0 Å². The van der Waals surface area contributed by atoms with E-state index in [1.807, 2.05) is 32.0 Å². The number of alkyl halides is 1. The molecule has 5 heteroatoms. The molecule has 0 radical (unpaired) electrons. The van der Waals surface area contributed by atoms with Gasteiger partial charge in [0.15, 0.2) is 0 Å². The fourth-order valence-corrected chi connectivity index (χ4v) is 2.97. The molecule has 108 valence electrons. The Morgan fingerprint density at radius 1 is 1.35 bits per heavy atom. The second kappa shape index (κ2) is 6.95. The lowest BCUT2D eigenvalue weighted by molar-refractivity contribution is 0.337. The van der Waals surface area contributed by atoms with Gasteiger partial charge >= 0.3 is 0 Å². The Balaban J connectivity index is 2.06. The van der Waals surface area contributed by atoms with E-state index in [-0.39, 0.29) is 0 Å². The molecule has 0 saturated carbocycles. The van der Waals surface area contributed by atoms with Gasteiger partial charge in [-0.05, 0) is 39.0 Å². The van der Waals surface area contributed by atoms with Crippen LogP contribution in [0.25, 0.3) is 0 Å². The number of nitrogens with one attached hydrogen (secondary N) is 1. The molecule has 0 saturated heterocycles. The highest BCUT2D eigenvalue weighted by molar-refractivity contribution is 7.11. The fourth-order valence-electron chi connectivity index (χ4n) is 1.88. The lowest BCUT2D eigenvalue weighted by atomic mass is 10.2. The first-order valence-corrected chi connectivity index (χ1v) is 7.97. The third-order valence-corrected chi connectivity index (χ3v) is 4.38. The number of nitrogens with zero attached hydrogens (tertiary/aromatic N) is 1. The second-order valence-corrected chi connectivity index (χ2v) is 6.05. The average Bonchev–Trinajstić information content (AvgIpc) is 2.77. The highest BCUT2D eigenvalue weighted by atomic mass is 35.5. The summed E-state index contributed by atoms with van der Waals surface area (Å²) in [6.45, 7) is 7.48. The molecule has 0 aliphatic rings. The molecule has 2 aromatic rings. The summed E-state index contributed by atoms with van der Waals surface area (Å²) in [6, 6.07) is 6.00. The molecule has 0 spiro atoms. The molecule has 20 heavy (non-hydrogen) atoms. The summed E-state index contributed by atoms with van der Waals surface area (Å²) in [7, 11) is 0. The molecule has 0 amide bonds. The van der Waals surface area contributed by atoms with Gasteiger partial charge in [0.05, 0.1) is 24.7 Å². The lowest BCUT2D eigenvalue weighted by Gasteiger charge is -2.11. The third kappa shape index (κ3) is 3.64. The van der Waals surface area contributed by atoms with Crippen LogP contribution < -0.4 is 10.1 Å². The zero-order chi connectivity index (χ0) is 14.5. The van der Waals surface area contributed by atoms with Crippen molar-refractivity contribution in [2.75, 3.05) is 11.9 Å². The predicted octanol–water partition coefficient (Wildman–Crippen LogP) is 4.51. The first-order valence-electron chi connectivity index (χ1n) is 6.62. The maximum atomic E-state index is 5.96. The predicted molar refractivity (Wildman–Crippen MR) is 86.1 cm³/mol. The molecule has 0 aliphatic heterocycles. The van der Waals surface area contributed by atoms with Crippen LogP contribution in [0.1, 0.15) is 28.1 Å². The van der Waals surface area contributed by atoms with Crippen LogP contribution in [0, 0.1) is 13.8 Å². The van der Waals surface area contributed by atoms with Gasteiger partial charge in [-0.3, -0.25) is 0 Å². The molecule has 1 aromatic heterocycles. The molecular formula is C15H19ClN2OS. The maximum absolute atomic E-state index is 5.96. The van der Waals surface area contributed by atoms with Gasteiger partial charge in [-0.15, -0.1) is 22.9 Å². The second-order valence-electron chi connectivity index (χ2n) is 4.49. The minimum Gasteiger partial charge on any atom is -0.494 e. The summed E-state index contributed by atoms with van der Waals surface area (Å²) in [5.41, 5.74) is 3.15. The van der Waals surface area contributed by atoms with Crippen molar-refractivity contribution in [3.05, 3.63) is 39.3 Å². The first-order chi connectivity index (χ1) is 9.63. The smallest absolute Gasteiger partial charge is 0.123 e. The van der Waals surface area contributed by atoms with Crippen LogP contribution in [-0.4, -0.2) is 11.6 Å². The van der Waals surface area contributed by atoms with Crippen molar-refractivity contribution in [2.24, 2.45) is 0 Å². The van der Waals surface area contributed by atoms with E-state index in [1.165, 1.54) is 4.88 Å². The SMILES string of the molecule is CCOc1ccc(NCc2nc(C)c(C)s2)cc1CCl. The number of aryl methyl sites for hydroxylation is 2. The van der Waals surface area contributed by atoms with Gasteiger partial charge in [0.2, 0.25) is 0 Å². The fraction of sp³-hybridized carbons (Fsp3) is 0.400. The Labute approximate surface area is 129 Å². The number of hydrogen-bond donors (Lipinski definition) is 1. The first kappa shape index (κ1) is 15.1. The molecule has 2 rings (SSSR count). The summed E-state index contributed by atoms with van der Waals surface area (Å²) in [5.74, 6) is 1.30. The summed E-state index contributed by atoms with van der Waals surface area (Å²) in [6.07, 6.45) is 0. The Morgan fingerprint density at radius 2 is 2.15 bits per heavy atom. The van der Waals surface area contributed by atoms with E-state index in [9.17, 15) is 0 Å². The molecule has 1 N–H and O–H groups in total. The highest BCUT2D eigenvalue weighted by Gasteiger charge is 2.06. The van der Waals surface area contributed by atoms with E-state index in [1.54, 1.807) is 11.3 Å². The van der Waals surface area contributed by atoms with E-state index in [4.69, 9.17) is 16.3 Å². The molecule has 1 aromatic carbocycles. The number of halogens is 1. The van der Waals surface area contributed by atoms with Gasteiger partial charge in [-0.25, -0.2) is 4.98 Å².